The third kappa shape index (κ3) is 53.4. The largest absolute Gasteiger partial charge is 0.462 e. The monoisotopic (exact) mass is 933 g/mol. The Hall–Kier alpha value is -3.41. The van der Waals surface area contributed by atoms with Gasteiger partial charge in [0.25, 0.3) is 0 Å². The third-order valence-electron chi connectivity index (χ3n) is 11.9. The van der Waals surface area contributed by atoms with Crippen molar-refractivity contribution in [1.29, 1.82) is 0 Å². The highest BCUT2D eigenvalue weighted by Crippen LogP contribution is 2.14. The second-order valence-electron chi connectivity index (χ2n) is 18.5. The average molecular weight is 933 g/mol. The molecule has 0 radical (unpaired) electrons. The van der Waals surface area contributed by atoms with E-state index < -0.39 is 6.10 Å². The molecule has 0 N–H and O–H groups in total. The fourth-order valence-electron chi connectivity index (χ4n) is 7.63. The van der Waals surface area contributed by atoms with Crippen LogP contribution >= 0.6 is 0 Å². The van der Waals surface area contributed by atoms with Gasteiger partial charge in [0.05, 0.1) is 0 Å². The number of carbonyl (C=O) groups excluding carboxylic acids is 3. The van der Waals surface area contributed by atoms with Crippen molar-refractivity contribution in [2.24, 2.45) is 0 Å². The van der Waals surface area contributed by atoms with Crippen molar-refractivity contribution in [2.75, 3.05) is 13.2 Å². The smallest absolute Gasteiger partial charge is 0.306 e. The van der Waals surface area contributed by atoms with Crippen LogP contribution in [0.3, 0.4) is 0 Å². The SMILES string of the molecule is CC/C=C\C/C=C\C/C=C\C/C=C\CCCCCCC(=O)OC(COC(=O)CCCCCCC/C=C\CCCCCCC)COC(=O)CCCCCCCCC/C=C\C/C=C\CCCCCC. The molecule has 1 atom stereocenters. The van der Waals surface area contributed by atoms with Gasteiger partial charge in [-0.1, -0.05) is 215 Å². The molecule has 0 aliphatic rings. The van der Waals surface area contributed by atoms with E-state index in [2.05, 4.69) is 106 Å². The molecule has 0 aromatic carbocycles. The molecule has 0 amide bonds. The predicted molar refractivity (Wildman–Crippen MR) is 288 cm³/mol. The lowest BCUT2D eigenvalue weighted by Gasteiger charge is -2.18. The lowest BCUT2D eigenvalue weighted by atomic mass is 10.1. The fraction of sp³-hybridized carbons (Fsp3) is 0.721. The minimum absolute atomic E-state index is 0.0934. The van der Waals surface area contributed by atoms with Gasteiger partial charge in [-0.3, -0.25) is 14.4 Å². The molecule has 67 heavy (non-hydrogen) atoms. The van der Waals surface area contributed by atoms with Crippen LogP contribution in [0.5, 0.6) is 0 Å². The summed E-state index contributed by atoms with van der Waals surface area (Å²) in [5.74, 6) is -0.929. The van der Waals surface area contributed by atoms with Crippen LogP contribution in [0.4, 0.5) is 0 Å². The summed E-state index contributed by atoms with van der Waals surface area (Å²) in [6.45, 7) is 6.47. The Balaban J connectivity index is 4.45. The van der Waals surface area contributed by atoms with E-state index in [9.17, 15) is 14.4 Å². The number of allylic oxidation sites excluding steroid dienone is 14. The van der Waals surface area contributed by atoms with Gasteiger partial charge in [0, 0.05) is 19.3 Å². The molecule has 0 fully saturated rings. The van der Waals surface area contributed by atoms with Crippen molar-refractivity contribution < 1.29 is 28.6 Å². The van der Waals surface area contributed by atoms with E-state index in [-0.39, 0.29) is 31.1 Å². The Morgan fingerprint density at radius 2 is 0.582 bits per heavy atom. The van der Waals surface area contributed by atoms with Crippen LogP contribution in [-0.4, -0.2) is 37.2 Å². The molecular formula is C61H104O6. The summed E-state index contributed by atoms with van der Waals surface area (Å²) < 4.78 is 16.8. The van der Waals surface area contributed by atoms with E-state index in [0.717, 1.165) is 116 Å². The van der Waals surface area contributed by atoms with Crippen molar-refractivity contribution >= 4 is 17.9 Å². The second-order valence-corrected chi connectivity index (χ2v) is 18.5. The minimum atomic E-state index is -0.797. The number of carbonyl (C=O) groups is 3. The van der Waals surface area contributed by atoms with Gasteiger partial charge in [-0.15, -0.1) is 0 Å². The Morgan fingerprint density at radius 3 is 0.940 bits per heavy atom. The van der Waals surface area contributed by atoms with Gasteiger partial charge in [-0.25, -0.2) is 0 Å². The van der Waals surface area contributed by atoms with E-state index in [1.54, 1.807) is 0 Å². The Bertz CT molecular complexity index is 1300. The first kappa shape index (κ1) is 63.6. The predicted octanol–water partition coefficient (Wildman–Crippen LogP) is 18.8. The lowest BCUT2D eigenvalue weighted by molar-refractivity contribution is -0.167. The summed E-state index contributed by atoms with van der Waals surface area (Å²) in [7, 11) is 0. The molecule has 1 unspecified atom stereocenters. The normalized spacial score (nSPS) is 12.7. The number of hydrogen-bond donors (Lipinski definition) is 0. The van der Waals surface area contributed by atoms with Gasteiger partial charge in [0.15, 0.2) is 6.10 Å². The van der Waals surface area contributed by atoms with Crippen molar-refractivity contribution in [1.82, 2.24) is 0 Å². The molecule has 0 aromatic rings. The van der Waals surface area contributed by atoms with Gasteiger partial charge in [0.1, 0.15) is 13.2 Å². The maximum Gasteiger partial charge on any atom is 0.306 e. The summed E-state index contributed by atoms with van der Waals surface area (Å²) >= 11 is 0. The fourth-order valence-corrected chi connectivity index (χ4v) is 7.63. The molecule has 0 saturated carbocycles. The topological polar surface area (TPSA) is 78.9 Å². The molecule has 0 bridgehead atoms. The first-order valence-corrected chi connectivity index (χ1v) is 28.1. The van der Waals surface area contributed by atoms with Gasteiger partial charge < -0.3 is 14.2 Å². The van der Waals surface area contributed by atoms with Crippen molar-refractivity contribution in [2.45, 2.75) is 271 Å². The quantitative estimate of drug-likeness (QED) is 0.0262. The maximum absolute atomic E-state index is 12.8. The summed E-state index contributed by atoms with van der Waals surface area (Å²) in [6, 6.07) is 0. The molecule has 0 saturated heterocycles. The molecule has 0 spiro atoms. The molecule has 0 aromatic heterocycles. The summed E-state index contributed by atoms with van der Waals surface area (Å²) in [5.41, 5.74) is 0. The van der Waals surface area contributed by atoms with Gasteiger partial charge in [0.2, 0.25) is 0 Å². The van der Waals surface area contributed by atoms with Gasteiger partial charge in [-0.05, 0) is 116 Å². The first-order valence-electron chi connectivity index (χ1n) is 28.1. The van der Waals surface area contributed by atoms with E-state index in [1.165, 1.54) is 109 Å². The Morgan fingerprint density at radius 1 is 0.313 bits per heavy atom. The van der Waals surface area contributed by atoms with E-state index >= 15 is 0 Å². The Labute approximate surface area is 414 Å². The zero-order valence-electron chi connectivity index (χ0n) is 43.9. The second kappa shape index (κ2) is 55.2. The van der Waals surface area contributed by atoms with Gasteiger partial charge >= 0.3 is 17.9 Å². The molecule has 384 valence electrons. The lowest BCUT2D eigenvalue weighted by Crippen LogP contribution is -2.30. The average Bonchev–Trinajstić information content (AvgIpc) is 3.33. The zero-order valence-corrected chi connectivity index (χ0v) is 43.9. The zero-order chi connectivity index (χ0) is 48.6. The van der Waals surface area contributed by atoms with E-state index in [4.69, 9.17) is 14.2 Å². The number of unbranched alkanes of at least 4 members (excludes halogenated alkanes) is 25. The first-order chi connectivity index (χ1) is 33.0. The van der Waals surface area contributed by atoms with Crippen LogP contribution in [0, 0.1) is 0 Å². The van der Waals surface area contributed by atoms with Crippen LogP contribution in [0.1, 0.15) is 265 Å². The van der Waals surface area contributed by atoms with Gasteiger partial charge in [-0.2, -0.15) is 0 Å². The van der Waals surface area contributed by atoms with Crippen LogP contribution < -0.4 is 0 Å². The Kier molecular flexibility index (Phi) is 52.4. The standard InChI is InChI=1S/C61H104O6/c1-4-7-10-13-16-19-22-25-28-30-32-33-36-39-42-45-48-51-54-60(63)66-57-58(56-65-59(62)53-50-47-44-41-38-35-27-24-21-18-15-12-9-6-3)67-61(64)55-52-49-46-43-40-37-34-31-29-26-23-20-17-14-11-8-5-2/h8,11,17,19-20,22,24,26-30,34,37,58H,4-7,9-10,12-16,18,21,23,25,31-33,35-36,38-57H2,1-3H3/b11-8-,20-17-,22-19-,27-24-,29-26-,30-28-,37-34-. The third-order valence-corrected chi connectivity index (χ3v) is 11.9. The highest BCUT2D eigenvalue weighted by atomic mass is 16.6. The number of hydrogen-bond acceptors (Lipinski definition) is 6. The van der Waals surface area contributed by atoms with Crippen molar-refractivity contribution in [3.05, 3.63) is 85.1 Å². The van der Waals surface area contributed by atoms with Crippen molar-refractivity contribution in [3.8, 4) is 0 Å². The van der Waals surface area contributed by atoms with Crippen LogP contribution in [-0.2, 0) is 28.6 Å². The van der Waals surface area contributed by atoms with E-state index in [1.807, 2.05) is 0 Å². The molecule has 6 nitrogen and oxygen atoms in total. The number of rotatable bonds is 50. The molecular weight excluding hydrogens is 829 g/mol. The number of ether oxygens (including phenoxy) is 3. The molecule has 0 rings (SSSR count). The van der Waals surface area contributed by atoms with E-state index in [0.29, 0.717) is 19.3 Å². The summed E-state index contributed by atoms with van der Waals surface area (Å²) in [4.78, 5) is 38.1. The molecule has 0 aliphatic heterocycles. The van der Waals surface area contributed by atoms with Crippen molar-refractivity contribution in [3.63, 3.8) is 0 Å². The summed E-state index contributed by atoms with van der Waals surface area (Å²) in [5, 5.41) is 0. The van der Waals surface area contributed by atoms with Crippen LogP contribution in [0.2, 0.25) is 0 Å². The molecule has 0 aliphatic carbocycles. The maximum atomic E-state index is 12.8. The molecule has 0 heterocycles. The minimum Gasteiger partial charge on any atom is -0.462 e. The van der Waals surface area contributed by atoms with Crippen LogP contribution in [0.15, 0.2) is 85.1 Å². The number of esters is 3. The highest BCUT2D eigenvalue weighted by molar-refractivity contribution is 5.71. The summed E-state index contributed by atoms with van der Waals surface area (Å²) in [6.07, 6.45) is 71.3. The molecule has 6 heteroatoms. The van der Waals surface area contributed by atoms with Crippen LogP contribution in [0.25, 0.3) is 0 Å². The highest BCUT2D eigenvalue weighted by Gasteiger charge is 2.19.